The van der Waals surface area contributed by atoms with Gasteiger partial charge in [0.05, 0.1) is 12.5 Å². The number of hydrogen-bond acceptors (Lipinski definition) is 5. The molecule has 0 spiro atoms. The lowest BCUT2D eigenvalue weighted by molar-refractivity contribution is -0.142. The van der Waals surface area contributed by atoms with Crippen molar-refractivity contribution in [3.63, 3.8) is 0 Å². The van der Waals surface area contributed by atoms with E-state index in [1.807, 2.05) is 0 Å². The maximum Gasteiger partial charge on any atom is 0.308 e. The van der Waals surface area contributed by atoms with E-state index in [0.29, 0.717) is 24.9 Å². The number of carboxylic acids is 1. The molecule has 0 unspecified atom stereocenters. The van der Waals surface area contributed by atoms with Gasteiger partial charge in [0.1, 0.15) is 0 Å². The van der Waals surface area contributed by atoms with Crippen molar-refractivity contribution in [1.29, 1.82) is 0 Å². The van der Waals surface area contributed by atoms with Crippen LogP contribution in [0.3, 0.4) is 0 Å². The van der Waals surface area contributed by atoms with Crippen LogP contribution in [0.1, 0.15) is 50.2 Å². The molecule has 0 bridgehead atoms. The lowest BCUT2D eigenvalue weighted by Gasteiger charge is -2.12. The Kier molecular flexibility index (Phi) is 3.74. The maximum absolute atomic E-state index is 11.3. The van der Waals surface area contributed by atoms with E-state index in [0.717, 1.165) is 38.1 Å². The molecule has 2 heterocycles. The summed E-state index contributed by atoms with van der Waals surface area (Å²) in [6.07, 6.45) is 4.30. The Morgan fingerprint density at radius 3 is 2.90 bits per heavy atom. The zero-order chi connectivity index (χ0) is 14.1. The summed E-state index contributed by atoms with van der Waals surface area (Å²) in [6, 6.07) is 0. The molecule has 1 saturated carbocycles. The van der Waals surface area contributed by atoms with Crippen molar-refractivity contribution in [1.82, 2.24) is 15.0 Å². The number of carboxylic acid groups (broad SMARTS) is 1. The molecular formula is C14H21N3O3. The molecular weight excluding hydrogens is 258 g/mol. The Morgan fingerprint density at radius 2 is 2.25 bits per heavy atom. The van der Waals surface area contributed by atoms with Gasteiger partial charge in [-0.3, -0.25) is 9.69 Å². The largest absolute Gasteiger partial charge is 0.481 e. The first kappa shape index (κ1) is 13.5. The van der Waals surface area contributed by atoms with Gasteiger partial charge in [0.2, 0.25) is 5.89 Å². The molecule has 2 atom stereocenters. The van der Waals surface area contributed by atoms with E-state index in [9.17, 15) is 9.90 Å². The smallest absolute Gasteiger partial charge is 0.308 e. The van der Waals surface area contributed by atoms with Gasteiger partial charge in [-0.1, -0.05) is 18.5 Å². The van der Waals surface area contributed by atoms with Gasteiger partial charge < -0.3 is 9.63 Å². The fourth-order valence-electron chi connectivity index (χ4n) is 3.06. The van der Waals surface area contributed by atoms with E-state index < -0.39 is 5.97 Å². The number of nitrogens with zero attached hydrogens (tertiary/aromatic N) is 3. The highest BCUT2D eigenvalue weighted by Gasteiger charge is 2.37. The third-order valence-electron chi connectivity index (χ3n) is 4.28. The Morgan fingerprint density at radius 1 is 1.45 bits per heavy atom. The third-order valence-corrected chi connectivity index (χ3v) is 4.28. The average Bonchev–Trinajstić information content (AvgIpc) is 3.03. The normalized spacial score (nSPS) is 27.1. The minimum atomic E-state index is -0.685. The quantitative estimate of drug-likeness (QED) is 0.856. The average molecular weight is 279 g/mol. The molecule has 2 aliphatic rings. The zero-order valence-corrected chi connectivity index (χ0v) is 11.8. The van der Waals surface area contributed by atoms with Gasteiger partial charge in [-0.2, -0.15) is 4.98 Å². The fourth-order valence-corrected chi connectivity index (χ4v) is 3.06. The number of rotatable bonds is 6. The van der Waals surface area contributed by atoms with Crippen LogP contribution in [0.5, 0.6) is 0 Å². The second-order valence-electron chi connectivity index (χ2n) is 6.01. The molecule has 1 saturated heterocycles. The van der Waals surface area contributed by atoms with Crippen molar-refractivity contribution < 1.29 is 14.4 Å². The first-order chi connectivity index (χ1) is 9.67. The van der Waals surface area contributed by atoms with E-state index in [4.69, 9.17) is 4.52 Å². The van der Waals surface area contributed by atoms with Crippen LogP contribution < -0.4 is 0 Å². The Bertz CT molecular complexity index is 484. The molecule has 3 rings (SSSR count). The second kappa shape index (κ2) is 5.52. The molecule has 0 radical (unpaired) electrons. The standard InChI is InChI=1S/C14H21N3O3/c1-2-3-10-6-17(7-11(10)14(18)19)8-12-15-13(16-20-12)9-4-5-9/h9-11H,2-8H2,1H3,(H,18,19)/t10-,11-/m1/s1. The number of hydrogen-bond donors (Lipinski definition) is 1. The Labute approximate surface area is 118 Å². The topological polar surface area (TPSA) is 79.5 Å². The van der Waals surface area contributed by atoms with Crippen molar-refractivity contribution in [2.45, 2.75) is 45.1 Å². The molecule has 1 N–H and O–H groups in total. The highest BCUT2D eigenvalue weighted by molar-refractivity contribution is 5.71. The number of aromatic nitrogens is 2. The summed E-state index contributed by atoms with van der Waals surface area (Å²) >= 11 is 0. The summed E-state index contributed by atoms with van der Waals surface area (Å²) in [7, 11) is 0. The van der Waals surface area contributed by atoms with E-state index in [2.05, 4.69) is 22.0 Å². The van der Waals surface area contributed by atoms with Crippen LogP contribution in [-0.2, 0) is 11.3 Å². The summed E-state index contributed by atoms with van der Waals surface area (Å²) in [4.78, 5) is 17.8. The molecule has 110 valence electrons. The van der Waals surface area contributed by atoms with Gasteiger partial charge in [-0.25, -0.2) is 0 Å². The molecule has 1 aliphatic heterocycles. The highest BCUT2D eigenvalue weighted by atomic mass is 16.5. The monoisotopic (exact) mass is 279 g/mol. The van der Waals surface area contributed by atoms with Crippen molar-refractivity contribution in [2.24, 2.45) is 11.8 Å². The predicted octanol–water partition coefficient (Wildman–Crippen LogP) is 1.88. The molecule has 2 fully saturated rings. The Balaban J connectivity index is 1.60. The zero-order valence-electron chi connectivity index (χ0n) is 11.8. The molecule has 6 heteroatoms. The lowest BCUT2D eigenvalue weighted by atomic mass is 9.92. The van der Waals surface area contributed by atoms with Crippen LogP contribution in [-0.4, -0.2) is 39.2 Å². The van der Waals surface area contributed by atoms with Crippen LogP contribution in [0.2, 0.25) is 0 Å². The van der Waals surface area contributed by atoms with Crippen molar-refractivity contribution in [2.75, 3.05) is 13.1 Å². The SMILES string of the molecule is CCC[C@@H]1CN(Cc2nc(C3CC3)no2)C[C@H]1C(=O)O. The molecule has 20 heavy (non-hydrogen) atoms. The van der Waals surface area contributed by atoms with Crippen LogP contribution in [0, 0.1) is 11.8 Å². The molecule has 1 aromatic rings. The minimum Gasteiger partial charge on any atom is -0.481 e. The van der Waals surface area contributed by atoms with Crippen LogP contribution in [0.4, 0.5) is 0 Å². The van der Waals surface area contributed by atoms with E-state index in [-0.39, 0.29) is 11.8 Å². The van der Waals surface area contributed by atoms with Gasteiger partial charge in [0, 0.05) is 19.0 Å². The van der Waals surface area contributed by atoms with Crippen LogP contribution in [0.25, 0.3) is 0 Å². The maximum atomic E-state index is 11.3. The number of likely N-dealkylation sites (tertiary alicyclic amines) is 1. The fraction of sp³-hybridized carbons (Fsp3) is 0.786. The molecule has 1 aromatic heterocycles. The second-order valence-corrected chi connectivity index (χ2v) is 6.01. The summed E-state index contributed by atoms with van der Waals surface area (Å²) in [5, 5.41) is 13.3. The van der Waals surface area contributed by atoms with Crippen molar-refractivity contribution >= 4 is 5.97 Å². The summed E-state index contributed by atoms with van der Waals surface area (Å²) in [5.41, 5.74) is 0. The van der Waals surface area contributed by atoms with E-state index in [1.165, 1.54) is 0 Å². The van der Waals surface area contributed by atoms with Crippen molar-refractivity contribution in [3.05, 3.63) is 11.7 Å². The summed E-state index contributed by atoms with van der Waals surface area (Å²) in [6.45, 7) is 4.07. The van der Waals surface area contributed by atoms with Crippen molar-refractivity contribution in [3.8, 4) is 0 Å². The van der Waals surface area contributed by atoms with E-state index in [1.54, 1.807) is 0 Å². The summed E-state index contributed by atoms with van der Waals surface area (Å²) < 4.78 is 5.27. The molecule has 1 aliphatic carbocycles. The first-order valence-electron chi connectivity index (χ1n) is 7.45. The number of aliphatic carboxylic acids is 1. The highest BCUT2D eigenvalue weighted by Crippen LogP contribution is 2.38. The lowest BCUT2D eigenvalue weighted by Crippen LogP contribution is -2.23. The minimum absolute atomic E-state index is 0.239. The summed E-state index contributed by atoms with van der Waals surface area (Å²) in [5.74, 6) is 1.22. The predicted molar refractivity (Wildman–Crippen MR) is 71.1 cm³/mol. The van der Waals surface area contributed by atoms with Gasteiger partial charge in [0.15, 0.2) is 5.82 Å². The van der Waals surface area contributed by atoms with Gasteiger partial charge >= 0.3 is 5.97 Å². The van der Waals surface area contributed by atoms with E-state index >= 15 is 0 Å². The molecule has 6 nitrogen and oxygen atoms in total. The first-order valence-corrected chi connectivity index (χ1v) is 7.45. The Hall–Kier alpha value is -1.43. The van der Waals surface area contributed by atoms with Gasteiger partial charge in [-0.05, 0) is 25.2 Å². The number of carbonyl (C=O) groups is 1. The van der Waals surface area contributed by atoms with Crippen LogP contribution in [0.15, 0.2) is 4.52 Å². The van der Waals surface area contributed by atoms with Crippen LogP contribution >= 0.6 is 0 Å². The van der Waals surface area contributed by atoms with Gasteiger partial charge in [-0.15, -0.1) is 0 Å². The molecule has 0 amide bonds. The molecule has 0 aromatic carbocycles. The van der Waals surface area contributed by atoms with Gasteiger partial charge in [0.25, 0.3) is 0 Å². The third kappa shape index (κ3) is 2.85.